The van der Waals surface area contributed by atoms with Gasteiger partial charge in [0.05, 0.1) is 10.0 Å². The minimum atomic E-state index is -0.586. The molecule has 30 heavy (non-hydrogen) atoms. The molecule has 2 aromatic rings. The first-order chi connectivity index (χ1) is 14.3. The first-order valence-corrected chi connectivity index (χ1v) is 10.9. The van der Waals surface area contributed by atoms with Gasteiger partial charge in [-0.15, -0.1) is 6.58 Å². The first-order valence-electron chi connectivity index (χ1n) is 8.66. The predicted molar refractivity (Wildman–Crippen MR) is 131 cm³/mol. The Balaban J connectivity index is 1.84. The fourth-order valence-electron chi connectivity index (χ4n) is 2.69. The lowest BCUT2D eigenvalue weighted by Gasteiger charge is -2.27. The van der Waals surface area contributed by atoms with E-state index in [-0.39, 0.29) is 27.3 Å². The zero-order chi connectivity index (χ0) is 21.8. The summed E-state index contributed by atoms with van der Waals surface area (Å²) >= 11 is 20.0. The van der Waals surface area contributed by atoms with Crippen molar-refractivity contribution in [3.8, 4) is 5.75 Å². The zero-order valence-corrected chi connectivity index (χ0v) is 19.9. The Labute approximate surface area is 202 Å². The van der Waals surface area contributed by atoms with Gasteiger partial charge in [-0.05, 0) is 76.3 Å². The van der Waals surface area contributed by atoms with Crippen LogP contribution in [0.1, 0.15) is 11.1 Å². The van der Waals surface area contributed by atoms with Gasteiger partial charge in [0.1, 0.15) is 12.2 Å². The maximum Gasteiger partial charge on any atom is 0.265 e. The van der Waals surface area contributed by atoms with Gasteiger partial charge in [0.15, 0.2) is 10.9 Å². The predicted octanol–water partition coefficient (Wildman–Crippen LogP) is 4.99. The standard InChI is InChI=1S/C21H15Cl2IN2O3S/c1-2-7-26-20(28)15(19(27)25-21(26)30)8-13-9-16(22)18(17(23)10-13)29-11-12-3-5-14(24)6-4-12/h2-6,8-10H,1,7,11H2,(H,25,27,30)/b15-8+. The molecule has 0 unspecified atom stereocenters. The second-order valence-electron chi connectivity index (χ2n) is 6.25. The second kappa shape index (κ2) is 9.91. The van der Waals surface area contributed by atoms with E-state index in [0.29, 0.717) is 17.9 Å². The molecule has 5 nitrogen and oxygen atoms in total. The summed E-state index contributed by atoms with van der Waals surface area (Å²) in [7, 11) is 0. The van der Waals surface area contributed by atoms with Gasteiger partial charge in [0.2, 0.25) is 0 Å². The van der Waals surface area contributed by atoms with Gasteiger partial charge < -0.3 is 4.74 Å². The molecule has 1 aliphatic rings. The van der Waals surface area contributed by atoms with Crippen molar-refractivity contribution in [1.29, 1.82) is 0 Å². The summed E-state index contributed by atoms with van der Waals surface area (Å²) in [6, 6.07) is 11.0. The lowest BCUT2D eigenvalue weighted by molar-refractivity contribution is -0.128. The number of carbonyl (C=O) groups excluding carboxylic acids is 2. The number of nitrogens with one attached hydrogen (secondary N) is 1. The van der Waals surface area contributed by atoms with E-state index in [2.05, 4.69) is 34.5 Å². The van der Waals surface area contributed by atoms with Gasteiger partial charge in [-0.3, -0.25) is 19.8 Å². The van der Waals surface area contributed by atoms with E-state index in [1.165, 1.54) is 17.1 Å². The molecule has 1 saturated heterocycles. The largest absolute Gasteiger partial charge is 0.486 e. The molecular formula is C21H15Cl2IN2O3S. The molecule has 0 atom stereocenters. The molecule has 2 amide bonds. The number of hydrogen-bond donors (Lipinski definition) is 1. The van der Waals surface area contributed by atoms with Crippen LogP contribution in [-0.2, 0) is 16.2 Å². The van der Waals surface area contributed by atoms with Crippen molar-refractivity contribution in [1.82, 2.24) is 10.2 Å². The van der Waals surface area contributed by atoms with Crippen LogP contribution in [0.4, 0.5) is 0 Å². The Morgan fingerprint density at radius 1 is 1.17 bits per heavy atom. The van der Waals surface area contributed by atoms with Gasteiger partial charge in [0, 0.05) is 10.1 Å². The summed E-state index contributed by atoms with van der Waals surface area (Å²) in [5.41, 5.74) is 1.37. The minimum absolute atomic E-state index is 0.0393. The van der Waals surface area contributed by atoms with E-state index in [0.717, 1.165) is 9.13 Å². The number of carbonyl (C=O) groups is 2. The number of halogens is 3. The van der Waals surface area contributed by atoms with Crippen LogP contribution in [0.25, 0.3) is 6.08 Å². The number of amides is 2. The molecule has 2 aromatic carbocycles. The summed E-state index contributed by atoms with van der Waals surface area (Å²) in [5, 5.41) is 3.06. The summed E-state index contributed by atoms with van der Waals surface area (Å²) in [6.07, 6.45) is 2.93. The molecular weight excluding hydrogens is 558 g/mol. The first kappa shape index (κ1) is 22.7. The summed E-state index contributed by atoms with van der Waals surface area (Å²) in [6.45, 7) is 4.07. The summed E-state index contributed by atoms with van der Waals surface area (Å²) < 4.78 is 6.90. The molecule has 3 rings (SSSR count). The van der Waals surface area contributed by atoms with E-state index in [1.807, 2.05) is 24.3 Å². The molecule has 0 aliphatic carbocycles. The van der Waals surface area contributed by atoms with Crippen molar-refractivity contribution in [2.75, 3.05) is 6.54 Å². The Hall–Kier alpha value is -1.94. The maximum absolute atomic E-state index is 12.6. The van der Waals surface area contributed by atoms with Crippen LogP contribution in [-0.4, -0.2) is 28.4 Å². The van der Waals surface area contributed by atoms with E-state index >= 15 is 0 Å². The third kappa shape index (κ3) is 5.21. The van der Waals surface area contributed by atoms with Gasteiger partial charge in [-0.1, -0.05) is 41.4 Å². The molecule has 1 fully saturated rings. The van der Waals surface area contributed by atoms with E-state index in [9.17, 15) is 9.59 Å². The van der Waals surface area contributed by atoms with Gasteiger partial charge in [-0.25, -0.2) is 0 Å². The van der Waals surface area contributed by atoms with Crippen LogP contribution >= 0.6 is 58.0 Å². The fourth-order valence-corrected chi connectivity index (χ4v) is 3.92. The average Bonchev–Trinajstić information content (AvgIpc) is 2.69. The van der Waals surface area contributed by atoms with Gasteiger partial charge >= 0.3 is 0 Å². The van der Waals surface area contributed by atoms with Crippen LogP contribution in [0.2, 0.25) is 10.0 Å². The number of ether oxygens (including phenoxy) is 1. The minimum Gasteiger partial charge on any atom is -0.486 e. The van der Waals surface area contributed by atoms with Crippen LogP contribution in [0.15, 0.2) is 54.6 Å². The Morgan fingerprint density at radius 2 is 1.80 bits per heavy atom. The van der Waals surface area contributed by atoms with Crippen LogP contribution in [0.3, 0.4) is 0 Å². The van der Waals surface area contributed by atoms with Crippen molar-refractivity contribution in [2.45, 2.75) is 6.61 Å². The van der Waals surface area contributed by atoms with Crippen LogP contribution < -0.4 is 10.1 Å². The van der Waals surface area contributed by atoms with Crippen LogP contribution in [0.5, 0.6) is 5.75 Å². The highest BCUT2D eigenvalue weighted by Gasteiger charge is 2.32. The highest BCUT2D eigenvalue weighted by atomic mass is 127. The molecule has 1 aliphatic heterocycles. The lowest BCUT2D eigenvalue weighted by Crippen LogP contribution is -2.53. The van der Waals surface area contributed by atoms with Gasteiger partial charge in [0.25, 0.3) is 11.8 Å². The van der Waals surface area contributed by atoms with Crippen molar-refractivity contribution in [3.05, 3.63) is 79.4 Å². The molecule has 1 heterocycles. The van der Waals surface area contributed by atoms with Crippen LogP contribution in [0, 0.1) is 3.57 Å². The number of thiocarbonyl (C=S) groups is 1. The Kier molecular flexibility index (Phi) is 7.51. The molecule has 1 N–H and O–H groups in total. The average molecular weight is 573 g/mol. The van der Waals surface area contributed by atoms with Crippen molar-refractivity contribution in [2.24, 2.45) is 0 Å². The smallest absolute Gasteiger partial charge is 0.265 e. The summed E-state index contributed by atoms with van der Waals surface area (Å²) in [4.78, 5) is 26.1. The molecule has 9 heteroatoms. The van der Waals surface area contributed by atoms with Crippen molar-refractivity contribution in [3.63, 3.8) is 0 Å². The zero-order valence-electron chi connectivity index (χ0n) is 15.5. The third-order valence-corrected chi connectivity index (χ3v) is 5.73. The Morgan fingerprint density at radius 3 is 2.40 bits per heavy atom. The topological polar surface area (TPSA) is 58.6 Å². The number of benzene rings is 2. The quantitative estimate of drug-likeness (QED) is 0.174. The monoisotopic (exact) mass is 572 g/mol. The van der Waals surface area contributed by atoms with E-state index < -0.39 is 11.8 Å². The van der Waals surface area contributed by atoms with Crippen molar-refractivity contribution >= 4 is 81.0 Å². The van der Waals surface area contributed by atoms with Crippen molar-refractivity contribution < 1.29 is 14.3 Å². The molecule has 0 bridgehead atoms. The molecule has 0 aromatic heterocycles. The SMILES string of the molecule is C=CCN1C(=O)/C(=C/c2cc(Cl)c(OCc3ccc(I)cc3)c(Cl)c2)C(=O)NC1=S. The van der Waals surface area contributed by atoms with Gasteiger partial charge in [-0.2, -0.15) is 0 Å². The molecule has 154 valence electrons. The third-order valence-electron chi connectivity index (χ3n) is 4.13. The second-order valence-corrected chi connectivity index (χ2v) is 8.70. The Bertz CT molecular complexity index is 1050. The fraction of sp³-hybridized carbons (Fsp3) is 0.0952. The maximum atomic E-state index is 12.6. The number of rotatable bonds is 6. The highest BCUT2D eigenvalue weighted by Crippen LogP contribution is 2.35. The van der Waals surface area contributed by atoms with E-state index in [1.54, 1.807) is 12.1 Å². The molecule has 0 radical (unpaired) electrons. The number of nitrogens with zero attached hydrogens (tertiary/aromatic N) is 1. The lowest BCUT2D eigenvalue weighted by atomic mass is 10.1. The normalized spacial score (nSPS) is 15.4. The molecule has 0 saturated carbocycles. The highest BCUT2D eigenvalue weighted by molar-refractivity contribution is 14.1. The molecule has 0 spiro atoms. The van der Waals surface area contributed by atoms with E-state index in [4.69, 9.17) is 40.2 Å². The number of hydrogen-bond acceptors (Lipinski definition) is 4. The summed E-state index contributed by atoms with van der Waals surface area (Å²) in [5.74, 6) is -0.778.